The highest BCUT2D eigenvalue weighted by atomic mass is 16.4. The molecule has 1 fully saturated rings. The van der Waals surface area contributed by atoms with Crippen LogP contribution in [-0.4, -0.2) is 23.5 Å². The number of aliphatic carboxylic acids is 1. The van der Waals surface area contributed by atoms with Gasteiger partial charge in [0.25, 0.3) is 0 Å². The van der Waals surface area contributed by atoms with Crippen molar-refractivity contribution in [2.75, 3.05) is 11.4 Å². The van der Waals surface area contributed by atoms with Crippen molar-refractivity contribution in [3.8, 4) is 0 Å². The van der Waals surface area contributed by atoms with Crippen molar-refractivity contribution in [3.05, 3.63) is 29.8 Å². The van der Waals surface area contributed by atoms with Crippen LogP contribution in [0.25, 0.3) is 0 Å². The smallest absolute Gasteiger partial charge is 0.308 e. The summed E-state index contributed by atoms with van der Waals surface area (Å²) in [5.74, 6) is -1.09. The van der Waals surface area contributed by atoms with Crippen LogP contribution in [0.5, 0.6) is 0 Å². The SMILES string of the molecule is CC[C@@H](C)c1ccc(N2C[C@H](C(=O)O)CC2=O)cc1. The maximum Gasteiger partial charge on any atom is 0.308 e. The van der Waals surface area contributed by atoms with E-state index in [1.807, 2.05) is 24.3 Å². The lowest BCUT2D eigenvalue weighted by atomic mass is 9.98. The second-order valence-electron chi connectivity index (χ2n) is 5.14. The van der Waals surface area contributed by atoms with Gasteiger partial charge in [0.2, 0.25) is 5.91 Å². The second kappa shape index (κ2) is 5.43. The zero-order valence-corrected chi connectivity index (χ0v) is 11.3. The molecule has 2 rings (SSSR count). The monoisotopic (exact) mass is 261 g/mol. The average Bonchev–Trinajstić information content (AvgIpc) is 2.80. The maximum absolute atomic E-state index is 11.8. The third-order valence-corrected chi connectivity index (χ3v) is 3.86. The van der Waals surface area contributed by atoms with Crippen LogP contribution in [0.1, 0.15) is 38.2 Å². The molecular formula is C15H19NO3. The highest BCUT2D eigenvalue weighted by molar-refractivity contribution is 5.99. The molecule has 0 aliphatic carbocycles. The summed E-state index contributed by atoms with van der Waals surface area (Å²) in [6, 6.07) is 7.85. The van der Waals surface area contributed by atoms with Crippen LogP contribution >= 0.6 is 0 Å². The Hall–Kier alpha value is -1.84. The zero-order valence-electron chi connectivity index (χ0n) is 11.3. The third-order valence-electron chi connectivity index (χ3n) is 3.86. The summed E-state index contributed by atoms with van der Waals surface area (Å²) in [7, 11) is 0. The first-order valence-corrected chi connectivity index (χ1v) is 6.66. The fourth-order valence-electron chi connectivity index (χ4n) is 2.34. The van der Waals surface area contributed by atoms with E-state index in [2.05, 4.69) is 13.8 Å². The number of hydrogen-bond donors (Lipinski definition) is 1. The molecule has 1 heterocycles. The van der Waals surface area contributed by atoms with Crippen LogP contribution in [0.3, 0.4) is 0 Å². The van der Waals surface area contributed by atoms with Gasteiger partial charge in [0.15, 0.2) is 0 Å². The highest BCUT2D eigenvalue weighted by Crippen LogP contribution is 2.27. The van der Waals surface area contributed by atoms with Crippen LogP contribution in [0, 0.1) is 5.92 Å². The minimum atomic E-state index is -0.896. The molecule has 0 bridgehead atoms. The number of nitrogens with zero attached hydrogens (tertiary/aromatic N) is 1. The van der Waals surface area contributed by atoms with E-state index in [0.29, 0.717) is 5.92 Å². The van der Waals surface area contributed by atoms with E-state index in [9.17, 15) is 9.59 Å². The molecule has 0 unspecified atom stereocenters. The summed E-state index contributed by atoms with van der Waals surface area (Å²) in [5.41, 5.74) is 2.04. The first-order valence-electron chi connectivity index (χ1n) is 6.66. The summed E-state index contributed by atoms with van der Waals surface area (Å²) >= 11 is 0. The predicted octanol–water partition coefficient (Wildman–Crippen LogP) is 2.64. The van der Waals surface area contributed by atoms with E-state index in [4.69, 9.17) is 5.11 Å². The van der Waals surface area contributed by atoms with Crippen molar-refractivity contribution in [1.29, 1.82) is 0 Å². The molecule has 0 aromatic heterocycles. The number of rotatable bonds is 4. The van der Waals surface area contributed by atoms with Crippen molar-refractivity contribution in [1.82, 2.24) is 0 Å². The second-order valence-corrected chi connectivity index (χ2v) is 5.14. The molecule has 0 radical (unpaired) electrons. The van der Waals surface area contributed by atoms with E-state index in [-0.39, 0.29) is 18.9 Å². The fourth-order valence-corrected chi connectivity index (χ4v) is 2.34. The van der Waals surface area contributed by atoms with Crippen LogP contribution in [-0.2, 0) is 9.59 Å². The molecule has 1 aliphatic rings. The normalized spacial score (nSPS) is 20.6. The van der Waals surface area contributed by atoms with Gasteiger partial charge in [-0.15, -0.1) is 0 Å². The minimum Gasteiger partial charge on any atom is -0.481 e. The molecule has 102 valence electrons. The number of amides is 1. The Morgan fingerprint density at radius 2 is 2.05 bits per heavy atom. The number of carboxylic acid groups (broad SMARTS) is 1. The Labute approximate surface area is 113 Å². The summed E-state index contributed by atoms with van der Waals surface area (Å²) in [4.78, 5) is 24.3. The number of benzene rings is 1. The Kier molecular flexibility index (Phi) is 3.88. The quantitative estimate of drug-likeness (QED) is 0.906. The van der Waals surface area contributed by atoms with E-state index in [0.717, 1.165) is 12.1 Å². The molecule has 19 heavy (non-hydrogen) atoms. The van der Waals surface area contributed by atoms with E-state index < -0.39 is 11.9 Å². The van der Waals surface area contributed by atoms with Gasteiger partial charge in [-0.3, -0.25) is 9.59 Å². The molecule has 1 aromatic rings. The Morgan fingerprint density at radius 3 is 2.53 bits per heavy atom. The standard InChI is InChI=1S/C15H19NO3/c1-3-10(2)11-4-6-13(7-5-11)16-9-12(15(18)19)8-14(16)17/h4-7,10,12H,3,8-9H2,1-2H3,(H,18,19)/t10-,12-/m1/s1. The van der Waals surface area contributed by atoms with Crippen molar-refractivity contribution >= 4 is 17.6 Å². The predicted molar refractivity (Wildman–Crippen MR) is 73.2 cm³/mol. The number of hydrogen-bond acceptors (Lipinski definition) is 2. The first kappa shape index (κ1) is 13.6. The van der Waals surface area contributed by atoms with Crippen LogP contribution in [0.2, 0.25) is 0 Å². The van der Waals surface area contributed by atoms with Crippen molar-refractivity contribution in [3.63, 3.8) is 0 Å². The lowest BCUT2D eigenvalue weighted by Crippen LogP contribution is -2.25. The minimum absolute atomic E-state index is 0.0997. The van der Waals surface area contributed by atoms with Crippen LogP contribution in [0.15, 0.2) is 24.3 Å². The lowest BCUT2D eigenvalue weighted by molar-refractivity contribution is -0.141. The molecule has 1 N–H and O–H groups in total. The van der Waals surface area contributed by atoms with Gasteiger partial charge in [0.05, 0.1) is 5.92 Å². The summed E-state index contributed by atoms with van der Waals surface area (Å²) in [6.45, 7) is 4.58. The molecule has 2 atom stereocenters. The average molecular weight is 261 g/mol. The van der Waals surface area contributed by atoms with Crippen LogP contribution < -0.4 is 4.90 Å². The first-order chi connectivity index (χ1) is 9.02. The van der Waals surface area contributed by atoms with Crippen LogP contribution in [0.4, 0.5) is 5.69 Å². The van der Waals surface area contributed by atoms with Gasteiger partial charge in [-0.1, -0.05) is 26.0 Å². The van der Waals surface area contributed by atoms with Crippen molar-refractivity contribution in [2.45, 2.75) is 32.6 Å². The Bertz CT molecular complexity index is 481. The van der Waals surface area contributed by atoms with Gasteiger partial charge in [0, 0.05) is 18.7 Å². The number of carbonyl (C=O) groups is 2. The number of anilines is 1. The van der Waals surface area contributed by atoms with Crippen molar-refractivity contribution in [2.24, 2.45) is 5.92 Å². The molecular weight excluding hydrogens is 242 g/mol. The van der Waals surface area contributed by atoms with Gasteiger partial charge in [-0.25, -0.2) is 0 Å². The lowest BCUT2D eigenvalue weighted by Gasteiger charge is -2.17. The molecule has 4 nitrogen and oxygen atoms in total. The van der Waals surface area contributed by atoms with Gasteiger partial charge in [0.1, 0.15) is 0 Å². The van der Waals surface area contributed by atoms with Crippen molar-refractivity contribution < 1.29 is 14.7 Å². The summed E-state index contributed by atoms with van der Waals surface area (Å²) in [6.07, 6.45) is 1.17. The Morgan fingerprint density at radius 1 is 1.42 bits per heavy atom. The summed E-state index contributed by atoms with van der Waals surface area (Å²) in [5, 5.41) is 8.97. The summed E-state index contributed by atoms with van der Waals surface area (Å²) < 4.78 is 0. The number of carboxylic acids is 1. The zero-order chi connectivity index (χ0) is 14.0. The molecule has 0 saturated carbocycles. The van der Waals surface area contributed by atoms with Gasteiger partial charge in [-0.05, 0) is 30.0 Å². The van der Waals surface area contributed by atoms with E-state index in [1.165, 1.54) is 5.56 Å². The number of carbonyl (C=O) groups excluding carboxylic acids is 1. The molecule has 4 heteroatoms. The topological polar surface area (TPSA) is 57.6 Å². The molecule has 1 amide bonds. The maximum atomic E-state index is 11.8. The highest BCUT2D eigenvalue weighted by Gasteiger charge is 2.34. The van der Waals surface area contributed by atoms with E-state index >= 15 is 0 Å². The fraction of sp³-hybridized carbons (Fsp3) is 0.467. The van der Waals surface area contributed by atoms with Gasteiger partial charge in [-0.2, -0.15) is 0 Å². The molecule has 1 saturated heterocycles. The Balaban J connectivity index is 2.14. The molecule has 1 aliphatic heterocycles. The molecule has 1 aromatic carbocycles. The van der Waals surface area contributed by atoms with Gasteiger partial charge >= 0.3 is 5.97 Å². The van der Waals surface area contributed by atoms with E-state index in [1.54, 1.807) is 4.90 Å². The third kappa shape index (κ3) is 2.78. The molecule has 0 spiro atoms. The van der Waals surface area contributed by atoms with Gasteiger partial charge < -0.3 is 10.0 Å². The largest absolute Gasteiger partial charge is 0.481 e.